The Labute approximate surface area is 162 Å². The Balaban J connectivity index is 1.75. The predicted octanol–water partition coefficient (Wildman–Crippen LogP) is 3.78. The summed E-state index contributed by atoms with van der Waals surface area (Å²) in [7, 11) is -2.17. The monoisotopic (exact) mass is 394 g/mol. The quantitative estimate of drug-likeness (QED) is 0.797. The third-order valence-corrected chi connectivity index (χ3v) is 7.50. The van der Waals surface area contributed by atoms with Crippen LogP contribution in [0.5, 0.6) is 5.75 Å². The van der Waals surface area contributed by atoms with E-state index in [1.165, 1.54) is 36.7 Å². The van der Waals surface area contributed by atoms with E-state index in [1.807, 2.05) is 0 Å². The fourth-order valence-electron chi connectivity index (χ4n) is 4.07. The molecule has 1 N–H and O–H groups in total. The van der Waals surface area contributed by atoms with Gasteiger partial charge < -0.3 is 10.1 Å². The highest BCUT2D eigenvalue weighted by Crippen LogP contribution is 2.32. The van der Waals surface area contributed by atoms with Crippen LogP contribution in [0.3, 0.4) is 0 Å². The molecule has 0 aromatic heterocycles. The smallest absolute Gasteiger partial charge is 0.246 e. The lowest BCUT2D eigenvalue weighted by molar-refractivity contribution is -0.117. The summed E-state index contributed by atoms with van der Waals surface area (Å²) in [6.07, 6.45) is 9.15. The van der Waals surface area contributed by atoms with Gasteiger partial charge in [0.25, 0.3) is 0 Å². The van der Waals surface area contributed by atoms with Crippen molar-refractivity contribution in [2.45, 2.75) is 62.7 Å². The van der Waals surface area contributed by atoms with Crippen LogP contribution < -0.4 is 10.1 Å². The van der Waals surface area contributed by atoms with Gasteiger partial charge in [0, 0.05) is 25.2 Å². The first-order chi connectivity index (χ1) is 13.0. The van der Waals surface area contributed by atoms with E-state index in [1.54, 1.807) is 12.1 Å². The minimum Gasteiger partial charge on any atom is -0.495 e. The second kappa shape index (κ2) is 9.06. The highest BCUT2D eigenvalue weighted by atomic mass is 32.2. The first-order valence-corrected chi connectivity index (χ1v) is 11.4. The van der Waals surface area contributed by atoms with Crippen LogP contribution in [0.1, 0.15) is 57.8 Å². The number of carbonyl (C=O) groups is 1. The van der Waals surface area contributed by atoms with Crippen LogP contribution in [-0.2, 0) is 14.8 Å². The number of anilines is 1. The maximum absolute atomic E-state index is 13.1. The van der Waals surface area contributed by atoms with Crippen molar-refractivity contribution in [1.82, 2.24) is 4.31 Å². The van der Waals surface area contributed by atoms with Crippen molar-refractivity contribution in [2.24, 2.45) is 5.92 Å². The van der Waals surface area contributed by atoms with E-state index in [2.05, 4.69) is 5.32 Å². The Bertz CT molecular complexity index is 751. The van der Waals surface area contributed by atoms with Gasteiger partial charge in [-0.1, -0.05) is 25.7 Å². The van der Waals surface area contributed by atoms with Crippen molar-refractivity contribution in [3.05, 3.63) is 18.2 Å². The van der Waals surface area contributed by atoms with Crippen LogP contribution >= 0.6 is 0 Å². The normalized spacial score (nSPS) is 19.6. The van der Waals surface area contributed by atoms with E-state index in [4.69, 9.17) is 4.74 Å². The summed E-state index contributed by atoms with van der Waals surface area (Å²) < 4.78 is 32.9. The SMILES string of the molecule is COc1ccc(NC(=O)CC2CCCCC2)cc1S(=O)(=O)N1CCCCC1. The highest BCUT2D eigenvalue weighted by Gasteiger charge is 2.29. The third kappa shape index (κ3) is 5.02. The lowest BCUT2D eigenvalue weighted by Gasteiger charge is -2.26. The molecule has 1 aromatic carbocycles. The first kappa shape index (κ1) is 20.1. The average Bonchev–Trinajstić information content (AvgIpc) is 2.69. The molecule has 150 valence electrons. The number of hydrogen-bond acceptors (Lipinski definition) is 4. The standard InChI is InChI=1S/C20H30N2O4S/c1-26-18-11-10-17(21-20(23)14-16-8-4-2-5-9-16)15-19(18)27(24,25)22-12-6-3-7-13-22/h10-11,15-16H,2-9,12-14H2,1H3,(H,21,23). The van der Waals surface area contributed by atoms with Crippen molar-refractivity contribution >= 4 is 21.6 Å². The highest BCUT2D eigenvalue weighted by molar-refractivity contribution is 7.89. The van der Waals surface area contributed by atoms with Gasteiger partial charge in [-0.25, -0.2) is 8.42 Å². The predicted molar refractivity (Wildman–Crippen MR) is 105 cm³/mol. The van der Waals surface area contributed by atoms with E-state index in [-0.39, 0.29) is 10.8 Å². The molecule has 0 spiro atoms. The molecular formula is C20H30N2O4S. The number of methoxy groups -OCH3 is 1. The third-order valence-electron chi connectivity index (χ3n) is 5.58. The van der Waals surface area contributed by atoms with Crippen LogP contribution in [0.4, 0.5) is 5.69 Å². The van der Waals surface area contributed by atoms with Crippen molar-refractivity contribution in [2.75, 3.05) is 25.5 Å². The van der Waals surface area contributed by atoms with Crippen molar-refractivity contribution in [1.29, 1.82) is 0 Å². The molecule has 1 saturated heterocycles. The molecule has 27 heavy (non-hydrogen) atoms. The van der Waals surface area contributed by atoms with E-state index in [0.717, 1.165) is 32.1 Å². The van der Waals surface area contributed by atoms with Gasteiger partial charge in [0.1, 0.15) is 10.6 Å². The van der Waals surface area contributed by atoms with Gasteiger partial charge in [0.05, 0.1) is 7.11 Å². The molecule has 3 rings (SSSR count). The lowest BCUT2D eigenvalue weighted by Crippen LogP contribution is -2.35. The number of benzene rings is 1. The number of piperidine rings is 1. The van der Waals surface area contributed by atoms with Crippen LogP contribution in [0, 0.1) is 5.92 Å². The Kier molecular flexibility index (Phi) is 6.76. The lowest BCUT2D eigenvalue weighted by atomic mass is 9.87. The van der Waals surface area contributed by atoms with Crippen molar-refractivity contribution < 1.29 is 17.9 Å². The Hall–Kier alpha value is -1.60. The molecular weight excluding hydrogens is 364 g/mol. The van der Waals surface area contributed by atoms with Crippen LogP contribution in [0.2, 0.25) is 0 Å². The maximum Gasteiger partial charge on any atom is 0.246 e. The minimum absolute atomic E-state index is 0.0478. The fourth-order valence-corrected chi connectivity index (χ4v) is 5.76. The van der Waals surface area contributed by atoms with E-state index >= 15 is 0 Å². The average molecular weight is 395 g/mol. The second-order valence-corrected chi connectivity index (χ2v) is 9.49. The number of amides is 1. The fraction of sp³-hybridized carbons (Fsp3) is 0.650. The number of sulfonamides is 1. The summed E-state index contributed by atoms with van der Waals surface area (Å²) >= 11 is 0. The Morgan fingerprint density at radius 2 is 1.78 bits per heavy atom. The van der Waals surface area contributed by atoms with Crippen LogP contribution in [-0.4, -0.2) is 38.8 Å². The van der Waals surface area contributed by atoms with Gasteiger partial charge in [0.15, 0.2) is 0 Å². The number of nitrogens with one attached hydrogen (secondary N) is 1. The molecule has 1 saturated carbocycles. The molecule has 2 aliphatic rings. The summed E-state index contributed by atoms with van der Waals surface area (Å²) in [5, 5.41) is 2.88. The second-order valence-electron chi connectivity index (χ2n) is 7.59. The molecule has 1 aromatic rings. The molecule has 2 fully saturated rings. The summed E-state index contributed by atoms with van der Waals surface area (Å²) in [5.41, 5.74) is 0.507. The van der Waals surface area contributed by atoms with Crippen molar-refractivity contribution in [3.8, 4) is 5.75 Å². The number of carbonyl (C=O) groups excluding carboxylic acids is 1. The van der Waals surface area contributed by atoms with Gasteiger partial charge in [0.2, 0.25) is 15.9 Å². The molecule has 7 heteroatoms. The van der Waals surface area contributed by atoms with E-state index < -0.39 is 10.0 Å². The molecule has 0 atom stereocenters. The molecule has 0 bridgehead atoms. The first-order valence-electron chi connectivity index (χ1n) is 9.99. The summed E-state index contributed by atoms with van der Waals surface area (Å²) in [6.45, 7) is 1.06. The van der Waals surface area contributed by atoms with Gasteiger partial charge in [-0.05, 0) is 49.8 Å². The van der Waals surface area contributed by atoms with Gasteiger partial charge in [-0.3, -0.25) is 4.79 Å². The van der Waals surface area contributed by atoms with E-state index in [9.17, 15) is 13.2 Å². The summed E-state index contributed by atoms with van der Waals surface area (Å²) in [4.78, 5) is 12.5. The zero-order valence-corrected chi connectivity index (χ0v) is 16.9. The topological polar surface area (TPSA) is 75.7 Å². The Morgan fingerprint density at radius 3 is 2.44 bits per heavy atom. The molecule has 0 radical (unpaired) electrons. The zero-order chi connectivity index (χ0) is 19.3. The zero-order valence-electron chi connectivity index (χ0n) is 16.1. The number of hydrogen-bond donors (Lipinski definition) is 1. The van der Waals surface area contributed by atoms with Crippen LogP contribution in [0.15, 0.2) is 23.1 Å². The van der Waals surface area contributed by atoms with Gasteiger partial charge >= 0.3 is 0 Å². The summed E-state index contributed by atoms with van der Waals surface area (Å²) in [5.74, 6) is 0.702. The molecule has 1 aliphatic heterocycles. The van der Waals surface area contributed by atoms with Gasteiger partial charge in [-0.15, -0.1) is 0 Å². The molecule has 1 amide bonds. The molecule has 1 heterocycles. The number of rotatable bonds is 6. The number of ether oxygens (including phenoxy) is 1. The molecule has 0 unspecified atom stereocenters. The van der Waals surface area contributed by atoms with Crippen molar-refractivity contribution in [3.63, 3.8) is 0 Å². The maximum atomic E-state index is 13.1. The van der Waals surface area contributed by atoms with Gasteiger partial charge in [-0.2, -0.15) is 4.31 Å². The van der Waals surface area contributed by atoms with Crippen LogP contribution in [0.25, 0.3) is 0 Å². The Morgan fingerprint density at radius 1 is 1.11 bits per heavy atom. The molecule has 1 aliphatic carbocycles. The van der Waals surface area contributed by atoms with E-state index in [0.29, 0.717) is 36.9 Å². The summed E-state index contributed by atoms with van der Waals surface area (Å²) in [6, 6.07) is 4.85. The minimum atomic E-state index is -3.63. The molecule has 6 nitrogen and oxygen atoms in total. The number of nitrogens with zero attached hydrogens (tertiary/aromatic N) is 1. The largest absolute Gasteiger partial charge is 0.495 e.